The molecule has 0 saturated carbocycles. The van der Waals surface area contributed by atoms with Crippen LogP contribution in [0.1, 0.15) is 11.5 Å². The van der Waals surface area contributed by atoms with Crippen molar-refractivity contribution in [1.29, 1.82) is 0 Å². The van der Waals surface area contributed by atoms with E-state index in [9.17, 15) is 0 Å². The van der Waals surface area contributed by atoms with E-state index in [1.807, 2.05) is 12.1 Å². The fourth-order valence-electron chi connectivity index (χ4n) is 1.20. The van der Waals surface area contributed by atoms with E-state index in [-0.39, 0.29) is 14.9 Å². The first-order valence-corrected chi connectivity index (χ1v) is 6.19. The van der Waals surface area contributed by atoms with Crippen molar-refractivity contribution >= 4 is 58.0 Å². The van der Waals surface area contributed by atoms with Gasteiger partial charge in [0.05, 0.1) is 0 Å². The molecule has 1 aromatic rings. The number of allylic oxidation sites excluding steroid dienone is 2. The molecular formula is C11H7Cl5. The topological polar surface area (TPSA) is 0 Å². The zero-order chi connectivity index (χ0) is 12.1. The quantitative estimate of drug-likeness (QED) is 0.635. The molecule has 0 bridgehead atoms. The molecule has 0 aromatic heterocycles. The molecule has 0 saturated heterocycles. The highest BCUT2D eigenvalue weighted by atomic mass is 35.5. The van der Waals surface area contributed by atoms with E-state index in [2.05, 4.69) is 0 Å². The fourth-order valence-corrected chi connectivity index (χ4v) is 1.87. The summed E-state index contributed by atoms with van der Waals surface area (Å²) in [6.45, 7) is 0. The maximum Gasteiger partial charge on any atom is 0.103 e. The zero-order valence-corrected chi connectivity index (χ0v) is 11.7. The molecule has 1 rings (SSSR count). The lowest BCUT2D eigenvalue weighted by molar-refractivity contribution is 1.08. The second kappa shape index (κ2) is 6.78. The van der Waals surface area contributed by atoms with Crippen LogP contribution in [0.4, 0.5) is 0 Å². The molecule has 0 aliphatic heterocycles. The molecule has 16 heavy (non-hydrogen) atoms. The molecule has 5 heteroatoms. The number of rotatable bonds is 3. The summed E-state index contributed by atoms with van der Waals surface area (Å²) in [4.78, 5) is 0. The minimum absolute atomic E-state index is 0.158. The van der Waals surface area contributed by atoms with Gasteiger partial charge in [-0.05, 0) is 29.8 Å². The van der Waals surface area contributed by atoms with E-state index >= 15 is 0 Å². The molecule has 0 fully saturated rings. The SMILES string of the molecule is ClC(Cl)=CC(C=C(Cl)Cl)c1ccc(Cl)cc1. The summed E-state index contributed by atoms with van der Waals surface area (Å²) in [5.74, 6) is -0.174. The van der Waals surface area contributed by atoms with Crippen molar-refractivity contribution in [2.75, 3.05) is 0 Å². The largest absolute Gasteiger partial charge is 0.103 e. The van der Waals surface area contributed by atoms with Gasteiger partial charge in [-0.2, -0.15) is 0 Å². The predicted octanol–water partition coefficient (Wildman–Crippen LogP) is 6.06. The average Bonchev–Trinajstić information content (AvgIpc) is 2.16. The Morgan fingerprint density at radius 3 is 1.69 bits per heavy atom. The summed E-state index contributed by atoms with van der Waals surface area (Å²) in [5, 5.41) is 0.657. The zero-order valence-electron chi connectivity index (χ0n) is 7.93. The Morgan fingerprint density at radius 1 is 0.875 bits per heavy atom. The predicted molar refractivity (Wildman–Crippen MR) is 73.8 cm³/mol. The Labute approximate surface area is 119 Å². The van der Waals surface area contributed by atoms with Crippen molar-refractivity contribution in [1.82, 2.24) is 0 Å². The third-order valence-electron chi connectivity index (χ3n) is 1.87. The Morgan fingerprint density at radius 2 is 1.31 bits per heavy atom. The van der Waals surface area contributed by atoms with E-state index in [1.165, 1.54) is 0 Å². The fraction of sp³-hybridized carbons (Fsp3) is 0.0909. The first-order chi connectivity index (χ1) is 7.49. The van der Waals surface area contributed by atoms with Crippen LogP contribution in [0, 0.1) is 0 Å². The molecule has 0 N–H and O–H groups in total. The minimum Gasteiger partial charge on any atom is -0.0843 e. The lowest BCUT2D eigenvalue weighted by Crippen LogP contribution is -1.91. The molecule has 1 aromatic carbocycles. The number of benzene rings is 1. The van der Waals surface area contributed by atoms with Gasteiger partial charge in [0.2, 0.25) is 0 Å². The van der Waals surface area contributed by atoms with Crippen LogP contribution < -0.4 is 0 Å². The van der Waals surface area contributed by atoms with Crippen LogP contribution in [-0.4, -0.2) is 0 Å². The summed E-state index contributed by atoms with van der Waals surface area (Å²) in [7, 11) is 0. The monoisotopic (exact) mass is 314 g/mol. The van der Waals surface area contributed by atoms with E-state index in [1.54, 1.807) is 24.3 Å². The second-order valence-corrected chi connectivity index (χ2v) is 5.44. The van der Waals surface area contributed by atoms with Gasteiger partial charge in [0.15, 0.2) is 0 Å². The maximum absolute atomic E-state index is 5.79. The molecule has 0 amide bonds. The Balaban J connectivity index is 3.06. The maximum atomic E-state index is 5.79. The lowest BCUT2D eigenvalue weighted by atomic mass is 10.00. The number of hydrogen-bond acceptors (Lipinski definition) is 0. The van der Waals surface area contributed by atoms with Gasteiger partial charge in [-0.1, -0.05) is 70.1 Å². The Bertz CT molecular complexity index is 379. The highest BCUT2D eigenvalue weighted by molar-refractivity contribution is 6.56. The molecule has 0 heterocycles. The minimum atomic E-state index is -0.174. The molecule has 86 valence electrons. The van der Waals surface area contributed by atoms with Gasteiger partial charge in [-0.3, -0.25) is 0 Å². The van der Waals surface area contributed by atoms with Gasteiger partial charge >= 0.3 is 0 Å². The standard InChI is InChI=1S/C11H7Cl5/c12-9-3-1-7(2-4-9)8(5-10(13)14)6-11(15)16/h1-6,8H. The third kappa shape index (κ3) is 4.99. The first kappa shape index (κ1) is 14.2. The lowest BCUT2D eigenvalue weighted by Gasteiger charge is -2.08. The molecule has 0 unspecified atom stereocenters. The van der Waals surface area contributed by atoms with Crippen LogP contribution in [0.3, 0.4) is 0 Å². The summed E-state index contributed by atoms with van der Waals surface area (Å²) in [6.07, 6.45) is 3.27. The van der Waals surface area contributed by atoms with E-state index in [0.717, 1.165) is 5.56 Å². The summed E-state index contributed by atoms with van der Waals surface area (Å²) >= 11 is 28.3. The highest BCUT2D eigenvalue weighted by Crippen LogP contribution is 2.27. The van der Waals surface area contributed by atoms with E-state index in [4.69, 9.17) is 58.0 Å². The third-order valence-corrected chi connectivity index (χ3v) is 2.62. The van der Waals surface area contributed by atoms with E-state index < -0.39 is 0 Å². The van der Waals surface area contributed by atoms with Crippen LogP contribution in [0.25, 0.3) is 0 Å². The van der Waals surface area contributed by atoms with Crippen molar-refractivity contribution < 1.29 is 0 Å². The molecule has 0 spiro atoms. The van der Waals surface area contributed by atoms with Gasteiger partial charge in [0, 0.05) is 10.9 Å². The summed E-state index contributed by atoms with van der Waals surface area (Å²) in [5.41, 5.74) is 0.946. The van der Waals surface area contributed by atoms with Gasteiger partial charge in [0.25, 0.3) is 0 Å². The number of halogens is 5. The van der Waals surface area contributed by atoms with Gasteiger partial charge in [0.1, 0.15) is 8.98 Å². The van der Waals surface area contributed by atoms with Crippen molar-refractivity contribution in [2.45, 2.75) is 5.92 Å². The first-order valence-electron chi connectivity index (χ1n) is 4.30. The van der Waals surface area contributed by atoms with Crippen LogP contribution in [0.5, 0.6) is 0 Å². The molecule has 0 nitrogen and oxygen atoms in total. The van der Waals surface area contributed by atoms with Crippen molar-refractivity contribution in [3.8, 4) is 0 Å². The molecular weight excluding hydrogens is 309 g/mol. The molecule has 0 aliphatic carbocycles. The van der Waals surface area contributed by atoms with Crippen molar-refractivity contribution in [3.63, 3.8) is 0 Å². The Hall–Kier alpha value is 0.150. The smallest absolute Gasteiger partial charge is 0.0843 e. The summed E-state index contributed by atoms with van der Waals surface area (Å²) < 4.78 is 0.316. The molecule has 0 atom stereocenters. The highest BCUT2D eigenvalue weighted by Gasteiger charge is 2.07. The van der Waals surface area contributed by atoms with Crippen molar-refractivity contribution in [3.05, 3.63) is 56.0 Å². The van der Waals surface area contributed by atoms with Crippen molar-refractivity contribution in [2.24, 2.45) is 0 Å². The van der Waals surface area contributed by atoms with Crippen LogP contribution in [0.15, 0.2) is 45.4 Å². The molecule has 0 aliphatic rings. The molecule has 0 radical (unpaired) electrons. The van der Waals surface area contributed by atoms with Crippen LogP contribution >= 0.6 is 58.0 Å². The van der Waals surface area contributed by atoms with Gasteiger partial charge in [-0.25, -0.2) is 0 Å². The second-order valence-electron chi connectivity index (χ2n) is 2.99. The van der Waals surface area contributed by atoms with Gasteiger partial charge in [-0.15, -0.1) is 0 Å². The van der Waals surface area contributed by atoms with Crippen LogP contribution in [-0.2, 0) is 0 Å². The van der Waals surface area contributed by atoms with Crippen LogP contribution in [0.2, 0.25) is 5.02 Å². The normalized spacial score (nSPS) is 10.1. The van der Waals surface area contributed by atoms with E-state index in [0.29, 0.717) is 5.02 Å². The number of hydrogen-bond donors (Lipinski definition) is 0. The average molecular weight is 316 g/mol. The van der Waals surface area contributed by atoms with Gasteiger partial charge < -0.3 is 0 Å². The summed E-state index contributed by atoms with van der Waals surface area (Å²) in [6, 6.07) is 7.26. The Kier molecular flexibility index (Phi) is 6.02.